The van der Waals surface area contributed by atoms with Crippen molar-refractivity contribution in [2.45, 2.75) is 51.1 Å². The van der Waals surface area contributed by atoms with Gasteiger partial charge in [0.05, 0.1) is 24.6 Å². The van der Waals surface area contributed by atoms with Crippen molar-refractivity contribution < 1.29 is 33.0 Å². The Labute approximate surface area is 220 Å². The number of nitrogens with zero attached hydrogens (tertiary/aromatic N) is 1. The van der Waals surface area contributed by atoms with Crippen molar-refractivity contribution in [1.29, 1.82) is 0 Å². The zero-order chi connectivity index (χ0) is 27.1. The normalized spacial score (nSPS) is 23.2. The molecule has 1 saturated carbocycles. The van der Waals surface area contributed by atoms with Crippen molar-refractivity contribution >= 4 is 17.7 Å². The molecule has 5 rings (SSSR count). The Morgan fingerprint density at radius 3 is 2.13 bits per heavy atom. The fourth-order valence-electron chi connectivity index (χ4n) is 5.93. The highest BCUT2D eigenvalue weighted by atomic mass is 19.1. The van der Waals surface area contributed by atoms with E-state index in [9.17, 15) is 23.9 Å². The number of methoxy groups -OCH3 is 1. The van der Waals surface area contributed by atoms with Crippen LogP contribution in [0.2, 0.25) is 0 Å². The standard InChI is InChI=1S/C30H30FNO6/c1-16-15-23(17(2)38-16)28(33)25-24(18-9-13-22(37-3)14-10-18)27(30(35)36)32(29(34)20-5-4-6-20)26(25)19-7-11-21(31)12-8-19/h7-15,20,24-27H,4-6H2,1-3H3,(H,35,36). The zero-order valence-corrected chi connectivity index (χ0v) is 21.5. The molecule has 2 fully saturated rings. The van der Waals surface area contributed by atoms with E-state index >= 15 is 0 Å². The fraction of sp³-hybridized carbons (Fsp3) is 0.367. The number of carbonyl (C=O) groups is 3. The fourth-order valence-corrected chi connectivity index (χ4v) is 5.93. The summed E-state index contributed by atoms with van der Waals surface area (Å²) in [6, 6.07) is 12.0. The second-order valence-corrected chi connectivity index (χ2v) is 10.2. The zero-order valence-electron chi connectivity index (χ0n) is 21.5. The van der Waals surface area contributed by atoms with Crippen LogP contribution >= 0.6 is 0 Å². The van der Waals surface area contributed by atoms with E-state index in [2.05, 4.69) is 0 Å². The van der Waals surface area contributed by atoms with Crippen LogP contribution in [0.15, 0.2) is 59.0 Å². The molecule has 1 saturated heterocycles. The van der Waals surface area contributed by atoms with Gasteiger partial charge in [-0.15, -0.1) is 0 Å². The van der Waals surface area contributed by atoms with Crippen molar-refractivity contribution in [1.82, 2.24) is 4.90 Å². The Kier molecular flexibility index (Phi) is 6.82. The highest BCUT2D eigenvalue weighted by Gasteiger charge is 2.58. The Balaban J connectivity index is 1.74. The molecule has 4 atom stereocenters. The summed E-state index contributed by atoms with van der Waals surface area (Å²) in [5, 5.41) is 10.6. The predicted octanol–water partition coefficient (Wildman–Crippen LogP) is 5.46. The summed E-state index contributed by atoms with van der Waals surface area (Å²) in [7, 11) is 1.53. The van der Waals surface area contributed by atoms with E-state index in [-0.39, 0.29) is 17.6 Å². The molecular formula is C30H30FNO6. The summed E-state index contributed by atoms with van der Waals surface area (Å²) in [4.78, 5) is 42.6. The first-order chi connectivity index (χ1) is 18.2. The van der Waals surface area contributed by atoms with Crippen LogP contribution in [0.5, 0.6) is 5.75 Å². The quantitative estimate of drug-likeness (QED) is 0.416. The van der Waals surface area contributed by atoms with Crippen LogP contribution in [0.25, 0.3) is 0 Å². The summed E-state index contributed by atoms with van der Waals surface area (Å²) in [6.07, 6.45) is 2.23. The number of carbonyl (C=O) groups excluding carboxylic acids is 2. The van der Waals surface area contributed by atoms with Crippen LogP contribution in [-0.2, 0) is 9.59 Å². The van der Waals surface area contributed by atoms with Gasteiger partial charge in [0, 0.05) is 11.8 Å². The largest absolute Gasteiger partial charge is 0.497 e. The Morgan fingerprint density at radius 2 is 1.63 bits per heavy atom. The van der Waals surface area contributed by atoms with Crippen molar-refractivity contribution in [3.8, 4) is 5.75 Å². The summed E-state index contributed by atoms with van der Waals surface area (Å²) < 4.78 is 24.9. The van der Waals surface area contributed by atoms with Crippen LogP contribution in [0.1, 0.15) is 64.2 Å². The van der Waals surface area contributed by atoms with E-state index in [4.69, 9.17) is 9.15 Å². The molecule has 1 N–H and O–H groups in total. The Hall–Kier alpha value is -3.94. The van der Waals surface area contributed by atoms with Crippen LogP contribution < -0.4 is 4.74 Å². The number of ether oxygens (including phenoxy) is 1. The lowest BCUT2D eigenvalue weighted by Gasteiger charge is -2.36. The molecule has 0 spiro atoms. The minimum Gasteiger partial charge on any atom is -0.497 e. The highest BCUT2D eigenvalue weighted by molar-refractivity contribution is 6.02. The Bertz CT molecular complexity index is 1360. The molecule has 2 aliphatic rings. The number of aryl methyl sites for hydroxylation is 2. The van der Waals surface area contributed by atoms with Gasteiger partial charge in [0.15, 0.2) is 5.78 Å². The Morgan fingerprint density at radius 1 is 1.00 bits per heavy atom. The third-order valence-electron chi connectivity index (χ3n) is 7.95. The number of aliphatic carboxylic acids is 1. The number of carboxylic acid groups (broad SMARTS) is 1. The molecule has 0 bridgehead atoms. The van der Waals surface area contributed by atoms with Gasteiger partial charge < -0.3 is 19.2 Å². The number of furan rings is 1. The maximum atomic E-state index is 14.3. The van der Waals surface area contributed by atoms with Crippen LogP contribution in [0, 0.1) is 31.5 Å². The molecule has 3 aromatic rings. The minimum atomic E-state index is -1.30. The number of hydrogen-bond donors (Lipinski definition) is 1. The van der Waals surface area contributed by atoms with Crippen LogP contribution in [0.4, 0.5) is 4.39 Å². The van der Waals surface area contributed by atoms with Gasteiger partial charge in [0.25, 0.3) is 0 Å². The van der Waals surface area contributed by atoms with Gasteiger partial charge in [-0.2, -0.15) is 0 Å². The number of rotatable bonds is 7. The summed E-state index contributed by atoms with van der Waals surface area (Å²) in [6.45, 7) is 3.43. The second-order valence-electron chi connectivity index (χ2n) is 10.2. The first kappa shape index (κ1) is 25.7. The first-order valence-corrected chi connectivity index (χ1v) is 12.8. The number of carboxylic acids is 1. The molecule has 38 heavy (non-hydrogen) atoms. The topological polar surface area (TPSA) is 97.0 Å². The maximum Gasteiger partial charge on any atom is 0.327 e. The van der Waals surface area contributed by atoms with E-state index < -0.39 is 35.7 Å². The molecule has 4 unspecified atom stereocenters. The lowest BCUT2D eigenvalue weighted by Crippen LogP contribution is -2.47. The third kappa shape index (κ3) is 4.38. The summed E-state index contributed by atoms with van der Waals surface area (Å²) >= 11 is 0. The van der Waals surface area contributed by atoms with Gasteiger partial charge in [0.2, 0.25) is 5.91 Å². The number of benzene rings is 2. The molecule has 198 valence electrons. The van der Waals surface area contributed by atoms with Crippen molar-refractivity contribution in [3.63, 3.8) is 0 Å². The van der Waals surface area contributed by atoms with Crippen molar-refractivity contribution in [3.05, 3.63) is 88.6 Å². The van der Waals surface area contributed by atoms with Gasteiger partial charge >= 0.3 is 5.97 Å². The number of ketones is 1. The molecule has 2 heterocycles. The summed E-state index contributed by atoms with van der Waals surface area (Å²) in [5.41, 5.74) is 1.46. The second kappa shape index (κ2) is 10.1. The molecule has 1 aliphatic heterocycles. The SMILES string of the molecule is COc1ccc(C2C(C(=O)c3cc(C)oc3C)C(c3ccc(F)cc3)N(C(=O)C3CCC3)C2C(=O)O)cc1. The minimum absolute atomic E-state index is 0.285. The van der Waals surface area contributed by atoms with Gasteiger partial charge in [-0.1, -0.05) is 30.7 Å². The predicted molar refractivity (Wildman–Crippen MR) is 136 cm³/mol. The molecule has 2 aromatic carbocycles. The van der Waals surface area contributed by atoms with Crippen LogP contribution in [-0.4, -0.2) is 40.8 Å². The van der Waals surface area contributed by atoms with Crippen molar-refractivity contribution in [2.75, 3.05) is 7.11 Å². The summed E-state index contributed by atoms with van der Waals surface area (Å²) in [5.74, 6) is -2.81. The van der Waals surface area contributed by atoms with Gasteiger partial charge in [-0.25, -0.2) is 9.18 Å². The number of likely N-dealkylation sites (tertiary alicyclic amines) is 1. The number of Topliss-reactive ketones (excluding diaryl/α,β-unsaturated/α-hetero) is 1. The lowest BCUT2D eigenvalue weighted by molar-refractivity contribution is -0.153. The van der Waals surface area contributed by atoms with Crippen molar-refractivity contribution in [2.24, 2.45) is 11.8 Å². The van der Waals surface area contributed by atoms with E-state index in [1.165, 1.54) is 36.3 Å². The van der Waals surface area contributed by atoms with Gasteiger partial charge in [0.1, 0.15) is 29.1 Å². The third-order valence-corrected chi connectivity index (χ3v) is 7.95. The van der Waals surface area contributed by atoms with E-state index in [1.54, 1.807) is 44.2 Å². The first-order valence-electron chi connectivity index (χ1n) is 12.8. The highest BCUT2D eigenvalue weighted by Crippen LogP contribution is 2.53. The molecule has 0 radical (unpaired) electrons. The molecule has 1 aliphatic carbocycles. The van der Waals surface area contributed by atoms with E-state index in [1.807, 2.05) is 0 Å². The lowest BCUT2D eigenvalue weighted by atomic mass is 9.76. The average molecular weight is 520 g/mol. The monoisotopic (exact) mass is 519 g/mol. The smallest absolute Gasteiger partial charge is 0.327 e. The molecule has 8 heteroatoms. The molecular weight excluding hydrogens is 489 g/mol. The maximum absolute atomic E-state index is 14.3. The molecule has 1 amide bonds. The number of hydrogen-bond acceptors (Lipinski definition) is 5. The molecule has 1 aromatic heterocycles. The van der Waals surface area contributed by atoms with E-state index in [0.717, 1.165) is 6.42 Å². The van der Waals surface area contributed by atoms with Crippen LogP contribution in [0.3, 0.4) is 0 Å². The number of amides is 1. The van der Waals surface area contributed by atoms with Gasteiger partial charge in [-0.3, -0.25) is 9.59 Å². The average Bonchev–Trinajstić information content (AvgIpc) is 3.40. The number of halogens is 1. The molecule has 7 nitrogen and oxygen atoms in total. The van der Waals surface area contributed by atoms with Gasteiger partial charge in [-0.05, 0) is 68.1 Å². The van der Waals surface area contributed by atoms with E-state index in [0.29, 0.717) is 46.8 Å².